The summed E-state index contributed by atoms with van der Waals surface area (Å²) in [6, 6.07) is 8.56. The van der Waals surface area contributed by atoms with E-state index in [2.05, 4.69) is 5.32 Å². The molecule has 3 rings (SSSR count). The largest absolute Gasteiger partial charge is 0.468 e. The molecule has 0 bridgehead atoms. The van der Waals surface area contributed by atoms with Gasteiger partial charge in [-0.2, -0.15) is 4.31 Å². The summed E-state index contributed by atoms with van der Waals surface area (Å²) in [6.45, 7) is 1.07. The highest BCUT2D eigenvalue weighted by atomic mass is 32.2. The van der Waals surface area contributed by atoms with Crippen molar-refractivity contribution in [3.05, 3.63) is 53.8 Å². The number of hydrogen-bond acceptors (Lipinski definition) is 6. The van der Waals surface area contributed by atoms with Crippen molar-refractivity contribution in [2.75, 3.05) is 37.4 Å². The Morgan fingerprint density at radius 2 is 2.00 bits per heavy atom. The number of carbonyl (C=O) groups is 1. The lowest BCUT2D eigenvalue weighted by Gasteiger charge is -2.26. The maximum Gasteiger partial charge on any atom is 0.248 e. The second-order valence-electron chi connectivity index (χ2n) is 7.22. The molecule has 1 N–H and O–H groups in total. The highest BCUT2D eigenvalue weighted by Gasteiger charge is 2.26. The summed E-state index contributed by atoms with van der Waals surface area (Å²) in [5.41, 5.74) is 1.20. The number of sulfonamides is 1. The second-order valence-corrected chi connectivity index (χ2v) is 10.1. The predicted octanol–water partition coefficient (Wildman–Crippen LogP) is 3.91. The molecule has 7 nitrogen and oxygen atoms in total. The minimum atomic E-state index is -3.58. The summed E-state index contributed by atoms with van der Waals surface area (Å²) in [5, 5.41) is 4.51. The van der Waals surface area contributed by atoms with Crippen LogP contribution in [-0.2, 0) is 20.6 Å². The third-order valence-electron chi connectivity index (χ3n) is 4.78. The van der Waals surface area contributed by atoms with Gasteiger partial charge in [0.1, 0.15) is 5.76 Å². The number of nitrogens with one attached hydrogen (secondary N) is 1. The minimum Gasteiger partial charge on any atom is -0.468 e. The number of rotatable bonds is 8. The Morgan fingerprint density at radius 1 is 1.23 bits per heavy atom. The average Bonchev–Trinajstić information content (AvgIpc) is 3.25. The summed E-state index contributed by atoms with van der Waals surface area (Å²) in [7, 11) is 0.114. The standard InChI is InChI=1S/C21H27N3O4S2/c1-23(2)20-9-8-18(30(26,27)24-11-4-3-5-12-24)15-19(20)22-21(25)10-14-29-16-17-7-6-13-28-17/h6-10,13-15H,3-5,11-12,16H2,1-2H3,(H,22,25)/b14-10+. The molecule has 1 aromatic carbocycles. The van der Waals surface area contributed by atoms with Crippen molar-refractivity contribution < 1.29 is 17.6 Å². The molecule has 2 aromatic rings. The number of hydrogen-bond donors (Lipinski definition) is 1. The Bertz CT molecular complexity index is 980. The maximum atomic E-state index is 13.0. The van der Waals surface area contributed by atoms with Gasteiger partial charge in [-0.1, -0.05) is 6.42 Å². The highest BCUT2D eigenvalue weighted by Crippen LogP contribution is 2.30. The number of furan rings is 1. The van der Waals surface area contributed by atoms with Crippen LogP contribution < -0.4 is 10.2 Å². The van der Waals surface area contributed by atoms with E-state index in [9.17, 15) is 13.2 Å². The van der Waals surface area contributed by atoms with Crippen LogP contribution in [0.15, 0.2) is 57.4 Å². The zero-order valence-electron chi connectivity index (χ0n) is 17.2. The van der Waals surface area contributed by atoms with Crippen LogP contribution in [-0.4, -0.2) is 45.8 Å². The quantitative estimate of drug-likeness (QED) is 0.616. The van der Waals surface area contributed by atoms with Crippen LogP contribution in [0.4, 0.5) is 11.4 Å². The predicted molar refractivity (Wildman–Crippen MR) is 121 cm³/mol. The van der Waals surface area contributed by atoms with Crippen LogP contribution in [0.25, 0.3) is 0 Å². The van der Waals surface area contributed by atoms with Gasteiger partial charge in [0, 0.05) is 33.3 Å². The van der Waals surface area contributed by atoms with E-state index in [0.29, 0.717) is 24.5 Å². The van der Waals surface area contributed by atoms with E-state index in [1.54, 1.807) is 29.9 Å². The van der Waals surface area contributed by atoms with E-state index < -0.39 is 10.0 Å². The summed E-state index contributed by atoms with van der Waals surface area (Å²) >= 11 is 1.44. The molecule has 1 amide bonds. The summed E-state index contributed by atoms with van der Waals surface area (Å²) in [4.78, 5) is 14.4. The Morgan fingerprint density at radius 3 is 2.67 bits per heavy atom. The molecular weight excluding hydrogens is 422 g/mol. The fourth-order valence-corrected chi connectivity index (χ4v) is 5.42. The first-order chi connectivity index (χ1) is 14.4. The molecule has 9 heteroatoms. The lowest BCUT2D eigenvalue weighted by Crippen LogP contribution is -2.35. The monoisotopic (exact) mass is 449 g/mol. The number of benzene rings is 1. The van der Waals surface area contributed by atoms with Crippen molar-refractivity contribution in [3.63, 3.8) is 0 Å². The molecular formula is C21H27N3O4S2. The van der Waals surface area contributed by atoms with Crippen LogP contribution >= 0.6 is 11.8 Å². The van der Waals surface area contributed by atoms with Crippen molar-refractivity contribution >= 4 is 39.1 Å². The summed E-state index contributed by atoms with van der Waals surface area (Å²) < 4.78 is 32.8. The normalized spacial score (nSPS) is 15.4. The molecule has 0 aliphatic carbocycles. The summed E-state index contributed by atoms with van der Waals surface area (Å²) in [5.74, 6) is 1.14. The van der Waals surface area contributed by atoms with E-state index in [4.69, 9.17) is 4.42 Å². The number of piperidine rings is 1. The smallest absolute Gasteiger partial charge is 0.248 e. The molecule has 0 radical (unpaired) electrons. The zero-order chi connectivity index (χ0) is 21.6. The molecule has 1 saturated heterocycles. The zero-order valence-corrected chi connectivity index (χ0v) is 18.8. The van der Waals surface area contributed by atoms with Crippen molar-refractivity contribution in [2.45, 2.75) is 29.9 Å². The fraction of sp³-hybridized carbons (Fsp3) is 0.381. The number of amides is 1. The summed E-state index contributed by atoms with van der Waals surface area (Å²) in [6.07, 6.45) is 5.84. The van der Waals surface area contributed by atoms with Crippen molar-refractivity contribution in [2.24, 2.45) is 0 Å². The van der Waals surface area contributed by atoms with Gasteiger partial charge in [0.25, 0.3) is 0 Å². The van der Waals surface area contributed by atoms with E-state index in [-0.39, 0.29) is 10.8 Å². The second kappa shape index (κ2) is 10.2. The van der Waals surface area contributed by atoms with Gasteiger partial charge in [-0.05, 0) is 48.6 Å². The number of thioether (sulfide) groups is 1. The molecule has 0 spiro atoms. The SMILES string of the molecule is CN(C)c1ccc(S(=O)(=O)N2CCCCC2)cc1NC(=O)/C=C/SCc1ccco1. The van der Waals surface area contributed by atoms with E-state index in [1.807, 2.05) is 31.1 Å². The molecule has 1 aromatic heterocycles. The van der Waals surface area contributed by atoms with Gasteiger partial charge in [0.15, 0.2) is 0 Å². The Labute approximate surface area is 182 Å². The third-order valence-corrected chi connectivity index (χ3v) is 7.46. The van der Waals surface area contributed by atoms with E-state index in [1.165, 1.54) is 22.1 Å². The molecule has 0 unspecified atom stereocenters. The van der Waals surface area contributed by atoms with Crippen molar-refractivity contribution in [1.29, 1.82) is 0 Å². The van der Waals surface area contributed by atoms with E-state index >= 15 is 0 Å². The average molecular weight is 450 g/mol. The van der Waals surface area contributed by atoms with Gasteiger partial charge < -0.3 is 14.6 Å². The van der Waals surface area contributed by atoms with Crippen molar-refractivity contribution in [3.8, 4) is 0 Å². The van der Waals surface area contributed by atoms with Crippen LogP contribution in [0, 0.1) is 0 Å². The maximum absolute atomic E-state index is 13.0. The number of carbonyl (C=O) groups excluding carboxylic acids is 1. The lowest BCUT2D eigenvalue weighted by molar-refractivity contribution is -0.111. The van der Waals surface area contributed by atoms with Crippen LogP contribution in [0.1, 0.15) is 25.0 Å². The number of anilines is 2. The highest BCUT2D eigenvalue weighted by molar-refractivity contribution is 8.01. The molecule has 162 valence electrons. The number of nitrogens with zero attached hydrogens (tertiary/aromatic N) is 2. The third kappa shape index (κ3) is 5.68. The van der Waals surface area contributed by atoms with Gasteiger partial charge >= 0.3 is 0 Å². The first kappa shape index (κ1) is 22.5. The first-order valence-electron chi connectivity index (χ1n) is 9.81. The molecule has 1 fully saturated rings. The van der Waals surface area contributed by atoms with Gasteiger partial charge in [-0.3, -0.25) is 4.79 Å². The molecule has 0 atom stereocenters. The Balaban J connectivity index is 1.73. The van der Waals surface area contributed by atoms with Gasteiger partial charge in [0.05, 0.1) is 28.3 Å². The van der Waals surface area contributed by atoms with Crippen LogP contribution in [0.5, 0.6) is 0 Å². The molecule has 1 aliphatic heterocycles. The van der Waals surface area contributed by atoms with Gasteiger partial charge in [-0.15, -0.1) is 11.8 Å². The fourth-order valence-electron chi connectivity index (χ4n) is 3.23. The van der Waals surface area contributed by atoms with Gasteiger partial charge in [0.2, 0.25) is 15.9 Å². The van der Waals surface area contributed by atoms with E-state index in [0.717, 1.165) is 30.7 Å². The Kier molecular flexibility index (Phi) is 7.63. The minimum absolute atomic E-state index is 0.196. The van der Waals surface area contributed by atoms with Crippen LogP contribution in [0.2, 0.25) is 0 Å². The molecule has 0 saturated carbocycles. The van der Waals surface area contributed by atoms with Crippen molar-refractivity contribution in [1.82, 2.24) is 4.31 Å². The van der Waals surface area contributed by atoms with Gasteiger partial charge in [-0.25, -0.2) is 8.42 Å². The molecule has 1 aliphatic rings. The molecule has 30 heavy (non-hydrogen) atoms. The Hall–Kier alpha value is -2.23. The lowest BCUT2D eigenvalue weighted by atomic mass is 10.2. The van der Waals surface area contributed by atoms with Crippen LogP contribution in [0.3, 0.4) is 0 Å². The molecule has 2 heterocycles. The topological polar surface area (TPSA) is 82.9 Å². The first-order valence-corrected chi connectivity index (χ1v) is 12.3.